The molecular formula is C14H20ClN3. The van der Waals surface area contributed by atoms with Crippen molar-refractivity contribution in [2.75, 3.05) is 0 Å². The van der Waals surface area contributed by atoms with Crippen LogP contribution in [0.4, 0.5) is 0 Å². The first kappa shape index (κ1) is 13.3. The Morgan fingerprint density at radius 3 is 2.67 bits per heavy atom. The highest BCUT2D eigenvalue weighted by Gasteiger charge is 2.15. The molecule has 0 amide bonds. The molecule has 0 radical (unpaired) electrons. The first-order chi connectivity index (χ1) is 8.71. The highest BCUT2D eigenvalue weighted by atomic mass is 35.5. The van der Waals surface area contributed by atoms with Gasteiger partial charge in [-0.3, -0.25) is 0 Å². The first-order valence-corrected chi connectivity index (χ1v) is 7.11. The summed E-state index contributed by atoms with van der Waals surface area (Å²) in [6, 6.07) is 1.99. The molecular weight excluding hydrogens is 246 g/mol. The standard InChI is InChI=1S/C14H20ClN3/c1-4-11(5-2)9-18-12(8-15)17-13-10(3)6-7-16-14(13)18/h6-7,11H,4-5,8-9H2,1-3H3. The molecule has 0 aliphatic rings. The molecule has 0 aliphatic carbocycles. The smallest absolute Gasteiger partial charge is 0.160 e. The third kappa shape index (κ3) is 2.37. The largest absolute Gasteiger partial charge is 0.311 e. The SMILES string of the molecule is CCC(CC)Cn1c(CCl)nc2c(C)ccnc21. The summed E-state index contributed by atoms with van der Waals surface area (Å²) in [5, 5.41) is 0. The summed E-state index contributed by atoms with van der Waals surface area (Å²) in [6.07, 6.45) is 4.19. The molecule has 3 nitrogen and oxygen atoms in total. The number of pyridine rings is 1. The molecule has 2 aromatic heterocycles. The topological polar surface area (TPSA) is 30.7 Å². The van der Waals surface area contributed by atoms with Crippen molar-refractivity contribution in [1.82, 2.24) is 14.5 Å². The Morgan fingerprint density at radius 2 is 2.06 bits per heavy atom. The van der Waals surface area contributed by atoms with E-state index in [1.54, 1.807) is 0 Å². The van der Waals surface area contributed by atoms with E-state index in [1.807, 2.05) is 12.3 Å². The van der Waals surface area contributed by atoms with E-state index in [0.29, 0.717) is 11.8 Å². The average Bonchev–Trinajstić information content (AvgIpc) is 2.75. The van der Waals surface area contributed by atoms with Crippen LogP contribution in [0.15, 0.2) is 12.3 Å². The lowest BCUT2D eigenvalue weighted by Gasteiger charge is -2.15. The minimum Gasteiger partial charge on any atom is -0.311 e. The van der Waals surface area contributed by atoms with E-state index >= 15 is 0 Å². The van der Waals surface area contributed by atoms with Gasteiger partial charge in [0.15, 0.2) is 5.65 Å². The van der Waals surface area contributed by atoms with Crippen LogP contribution in [0.2, 0.25) is 0 Å². The quantitative estimate of drug-likeness (QED) is 0.768. The second-order valence-corrected chi connectivity index (χ2v) is 5.02. The second-order valence-electron chi connectivity index (χ2n) is 4.75. The predicted octanol–water partition coefficient (Wildman–Crippen LogP) is 3.91. The van der Waals surface area contributed by atoms with Crippen molar-refractivity contribution < 1.29 is 0 Å². The molecule has 0 saturated carbocycles. The van der Waals surface area contributed by atoms with E-state index in [4.69, 9.17) is 11.6 Å². The fourth-order valence-corrected chi connectivity index (χ4v) is 2.49. The molecule has 0 spiro atoms. The normalized spacial score (nSPS) is 11.6. The zero-order valence-corrected chi connectivity index (χ0v) is 12.0. The molecule has 2 aromatic rings. The Bertz CT molecular complexity index is 529. The number of alkyl halides is 1. The zero-order valence-electron chi connectivity index (χ0n) is 11.3. The van der Waals surface area contributed by atoms with Crippen LogP contribution in [-0.2, 0) is 12.4 Å². The fraction of sp³-hybridized carbons (Fsp3) is 0.571. The van der Waals surface area contributed by atoms with Gasteiger partial charge in [-0.15, -0.1) is 11.6 Å². The van der Waals surface area contributed by atoms with Crippen molar-refractivity contribution >= 4 is 22.8 Å². The lowest BCUT2D eigenvalue weighted by molar-refractivity contribution is 0.418. The minimum atomic E-state index is 0.440. The molecule has 0 atom stereocenters. The van der Waals surface area contributed by atoms with Gasteiger partial charge in [0.2, 0.25) is 0 Å². The van der Waals surface area contributed by atoms with Gasteiger partial charge in [-0.25, -0.2) is 9.97 Å². The van der Waals surface area contributed by atoms with Crippen LogP contribution in [0.3, 0.4) is 0 Å². The molecule has 0 N–H and O–H groups in total. The summed E-state index contributed by atoms with van der Waals surface area (Å²) in [5.41, 5.74) is 3.12. The molecule has 0 unspecified atom stereocenters. The van der Waals surface area contributed by atoms with Crippen LogP contribution < -0.4 is 0 Å². The fourth-order valence-electron chi connectivity index (χ4n) is 2.28. The van der Waals surface area contributed by atoms with Crippen LogP contribution in [0.25, 0.3) is 11.2 Å². The molecule has 4 heteroatoms. The maximum absolute atomic E-state index is 6.01. The molecule has 0 saturated heterocycles. The van der Waals surface area contributed by atoms with Gasteiger partial charge in [0.05, 0.1) is 5.88 Å². The Hall–Kier alpha value is -1.09. The van der Waals surface area contributed by atoms with E-state index in [9.17, 15) is 0 Å². The molecule has 2 heterocycles. The van der Waals surface area contributed by atoms with Gasteiger partial charge in [0.25, 0.3) is 0 Å². The molecule has 98 valence electrons. The molecule has 0 aliphatic heterocycles. The summed E-state index contributed by atoms with van der Waals surface area (Å²) in [7, 11) is 0. The van der Waals surface area contributed by atoms with Crippen molar-refractivity contribution in [1.29, 1.82) is 0 Å². The van der Waals surface area contributed by atoms with Gasteiger partial charge in [-0.05, 0) is 24.5 Å². The molecule has 0 aromatic carbocycles. The van der Waals surface area contributed by atoms with Crippen LogP contribution in [0, 0.1) is 12.8 Å². The number of hydrogen-bond acceptors (Lipinski definition) is 2. The molecule has 0 bridgehead atoms. The Labute approximate surface area is 113 Å². The van der Waals surface area contributed by atoms with Gasteiger partial charge in [-0.1, -0.05) is 26.7 Å². The number of hydrogen-bond donors (Lipinski definition) is 0. The van der Waals surface area contributed by atoms with Crippen molar-refractivity contribution in [2.24, 2.45) is 5.92 Å². The van der Waals surface area contributed by atoms with Crippen LogP contribution >= 0.6 is 11.6 Å². The lowest BCUT2D eigenvalue weighted by atomic mass is 10.0. The molecule has 2 rings (SSSR count). The second kappa shape index (κ2) is 5.70. The van der Waals surface area contributed by atoms with Crippen LogP contribution in [-0.4, -0.2) is 14.5 Å². The third-order valence-electron chi connectivity index (χ3n) is 3.63. The number of rotatable bonds is 5. The van der Waals surface area contributed by atoms with Crippen LogP contribution in [0.5, 0.6) is 0 Å². The summed E-state index contributed by atoms with van der Waals surface area (Å²) in [4.78, 5) is 9.09. The van der Waals surface area contributed by atoms with E-state index in [1.165, 1.54) is 12.8 Å². The maximum atomic E-state index is 6.01. The highest BCUT2D eigenvalue weighted by Crippen LogP contribution is 2.21. The van der Waals surface area contributed by atoms with Crippen LogP contribution in [0.1, 0.15) is 38.1 Å². The van der Waals surface area contributed by atoms with E-state index in [-0.39, 0.29) is 0 Å². The number of nitrogens with zero attached hydrogens (tertiary/aromatic N) is 3. The Balaban J connectivity index is 2.50. The lowest BCUT2D eigenvalue weighted by Crippen LogP contribution is -2.12. The third-order valence-corrected chi connectivity index (χ3v) is 3.87. The number of aryl methyl sites for hydroxylation is 1. The van der Waals surface area contributed by atoms with Crippen molar-refractivity contribution in [3.05, 3.63) is 23.7 Å². The van der Waals surface area contributed by atoms with Gasteiger partial charge in [0, 0.05) is 12.7 Å². The summed E-state index contributed by atoms with van der Waals surface area (Å²) < 4.78 is 2.19. The number of halogens is 1. The highest BCUT2D eigenvalue weighted by molar-refractivity contribution is 6.16. The summed E-state index contributed by atoms with van der Waals surface area (Å²) in [5.74, 6) is 2.03. The van der Waals surface area contributed by atoms with Crippen molar-refractivity contribution in [3.8, 4) is 0 Å². The minimum absolute atomic E-state index is 0.440. The maximum Gasteiger partial charge on any atom is 0.160 e. The zero-order chi connectivity index (χ0) is 13.1. The number of aromatic nitrogens is 3. The summed E-state index contributed by atoms with van der Waals surface area (Å²) >= 11 is 6.01. The number of imidazole rings is 1. The molecule has 0 fully saturated rings. The van der Waals surface area contributed by atoms with E-state index < -0.39 is 0 Å². The van der Waals surface area contributed by atoms with Crippen molar-refractivity contribution in [2.45, 2.75) is 46.0 Å². The van der Waals surface area contributed by atoms with Gasteiger partial charge in [0.1, 0.15) is 11.3 Å². The first-order valence-electron chi connectivity index (χ1n) is 6.57. The number of fused-ring (bicyclic) bond motifs is 1. The monoisotopic (exact) mass is 265 g/mol. The van der Waals surface area contributed by atoms with Crippen molar-refractivity contribution in [3.63, 3.8) is 0 Å². The Morgan fingerprint density at radius 1 is 1.33 bits per heavy atom. The van der Waals surface area contributed by atoms with Gasteiger partial charge < -0.3 is 4.57 Å². The average molecular weight is 266 g/mol. The Kier molecular flexibility index (Phi) is 4.23. The predicted molar refractivity (Wildman–Crippen MR) is 75.9 cm³/mol. The summed E-state index contributed by atoms with van der Waals surface area (Å²) in [6.45, 7) is 7.48. The van der Waals surface area contributed by atoms with Gasteiger partial charge in [-0.2, -0.15) is 0 Å². The van der Waals surface area contributed by atoms with E-state index in [0.717, 1.165) is 29.1 Å². The van der Waals surface area contributed by atoms with Gasteiger partial charge >= 0.3 is 0 Å². The van der Waals surface area contributed by atoms with E-state index in [2.05, 4.69) is 35.3 Å². The molecule has 18 heavy (non-hydrogen) atoms.